The number of anilines is 1. The fourth-order valence-corrected chi connectivity index (χ4v) is 1.88. The third-order valence-electron chi connectivity index (χ3n) is 2.71. The van der Waals surface area contributed by atoms with E-state index in [-0.39, 0.29) is 5.78 Å². The van der Waals surface area contributed by atoms with Crippen molar-refractivity contribution in [3.8, 4) is 0 Å². The summed E-state index contributed by atoms with van der Waals surface area (Å²) in [5.41, 5.74) is 8.31. The highest BCUT2D eigenvalue weighted by Gasteiger charge is 2.22. The summed E-state index contributed by atoms with van der Waals surface area (Å²) in [5, 5.41) is 0. The van der Waals surface area contributed by atoms with Crippen molar-refractivity contribution < 1.29 is 4.79 Å². The molecule has 0 saturated heterocycles. The molecule has 0 heterocycles. The van der Waals surface area contributed by atoms with Gasteiger partial charge >= 0.3 is 0 Å². The van der Waals surface area contributed by atoms with E-state index in [4.69, 9.17) is 5.73 Å². The van der Waals surface area contributed by atoms with E-state index in [9.17, 15) is 4.79 Å². The Morgan fingerprint density at radius 2 is 2.23 bits per heavy atom. The van der Waals surface area contributed by atoms with Crippen molar-refractivity contribution in [1.29, 1.82) is 0 Å². The summed E-state index contributed by atoms with van der Waals surface area (Å²) in [7, 11) is 0. The molecule has 0 aromatic heterocycles. The first kappa shape index (κ1) is 8.30. The zero-order chi connectivity index (χ0) is 9.42. The van der Waals surface area contributed by atoms with Gasteiger partial charge in [0.25, 0.3) is 0 Å². The molecular weight excluding hydrogens is 162 g/mol. The van der Waals surface area contributed by atoms with E-state index >= 15 is 0 Å². The molecule has 1 aliphatic carbocycles. The number of carbonyl (C=O) groups is 1. The van der Waals surface area contributed by atoms with Crippen molar-refractivity contribution in [2.45, 2.75) is 25.7 Å². The Kier molecular flexibility index (Phi) is 1.83. The highest BCUT2D eigenvalue weighted by molar-refractivity contribution is 5.99. The monoisotopic (exact) mass is 175 g/mol. The van der Waals surface area contributed by atoms with Crippen molar-refractivity contribution in [1.82, 2.24) is 0 Å². The van der Waals surface area contributed by atoms with E-state index in [0.717, 1.165) is 17.5 Å². The predicted molar refractivity (Wildman–Crippen MR) is 52.8 cm³/mol. The van der Waals surface area contributed by atoms with E-state index in [1.54, 1.807) is 6.07 Å². The fourth-order valence-electron chi connectivity index (χ4n) is 1.88. The Labute approximate surface area is 77.8 Å². The van der Waals surface area contributed by atoms with Crippen molar-refractivity contribution in [2.24, 2.45) is 0 Å². The Balaban J connectivity index is 2.57. The van der Waals surface area contributed by atoms with Crippen molar-refractivity contribution in [2.75, 3.05) is 5.73 Å². The first-order chi connectivity index (χ1) is 6.18. The number of hydrogen-bond acceptors (Lipinski definition) is 2. The zero-order valence-electron chi connectivity index (χ0n) is 7.71. The minimum atomic E-state index is 0.236. The Hall–Kier alpha value is -1.31. The molecule has 1 aliphatic rings. The second kappa shape index (κ2) is 2.87. The molecular formula is C11H13NO. The van der Waals surface area contributed by atoms with Gasteiger partial charge in [-0.05, 0) is 30.0 Å². The van der Waals surface area contributed by atoms with Gasteiger partial charge in [0.2, 0.25) is 0 Å². The van der Waals surface area contributed by atoms with E-state index in [0.29, 0.717) is 18.0 Å². The van der Waals surface area contributed by atoms with Crippen molar-refractivity contribution in [3.05, 3.63) is 29.3 Å². The summed E-state index contributed by atoms with van der Waals surface area (Å²) < 4.78 is 0. The molecule has 2 nitrogen and oxygen atoms in total. The molecule has 2 N–H and O–H groups in total. The van der Waals surface area contributed by atoms with Gasteiger partial charge in [0.05, 0.1) is 0 Å². The van der Waals surface area contributed by atoms with Crippen LogP contribution in [0.25, 0.3) is 0 Å². The van der Waals surface area contributed by atoms with Crippen LogP contribution >= 0.6 is 0 Å². The maximum atomic E-state index is 11.5. The fraction of sp³-hybridized carbons (Fsp3) is 0.364. The highest BCUT2D eigenvalue weighted by atomic mass is 16.1. The summed E-state index contributed by atoms with van der Waals surface area (Å²) in [6, 6.07) is 5.65. The van der Waals surface area contributed by atoms with Gasteiger partial charge in [-0.1, -0.05) is 13.0 Å². The van der Waals surface area contributed by atoms with Crippen LogP contribution < -0.4 is 5.73 Å². The molecule has 0 aliphatic heterocycles. The average Bonchev–Trinajstić information content (AvgIpc) is 2.12. The normalized spacial score (nSPS) is 21.3. The van der Waals surface area contributed by atoms with Crippen LogP contribution in [0.1, 0.15) is 41.6 Å². The van der Waals surface area contributed by atoms with Gasteiger partial charge in [0, 0.05) is 17.7 Å². The van der Waals surface area contributed by atoms with Crippen LogP contribution in [-0.4, -0.2) is 5.78 Å². The second-order valence-corrected chi connectivity index (χ2v) is 3.71. The number of benzene rings is 1. The van der Waals surface area contributed by atoms with Gasteiger partial charge in [-0.3, -0.25) is 4.79 Å². The van der Waals surface area contributed by atoms with Gasteiger partial charge in [-0.25, -0.2) is 0 Å². The number of nitrogen functional groups attached to an aromatic ring is 1. The molecule has 1 aromatic carbocycles. The number of rotatable bonds is 0. The topological polar surface area (TPSA) is 43.1 Å². The lowest BCUT2D eigenvalue weighted by Crippen LogP contribution is -2.14. The standard InChI is InChI=1S/C11H13NO/c1-7-2-5-11(13)10-6-8(12)3-4-9(7)10/h3-4,6-7H,2,5,12H2,1H3. The summed E-state index contributed by atoms with van der Waals surface area (Å²) >= 11 is 0. The molecule has 0 spiro atoms. The predicted octanol–water partition coefficient (Wildman–Crippen LogP) is 2.35. The van der Waals surface area contributed by atoms with Crippen LogP contribution in [0.4, 0.5) is 5.69 Å². The maximum absolute atomic E-state index is 11.5. The van der Waals surface area contributed by atoms with Gasteiger partial charge in [-0.2, -0.15) is 0 Å². The molecule has 1 atom stereocenters. The van der Waals surface area contributed by atoms with Crippen LogP contribution in [0.15, 0.2) is 18.2 Å². The van der Waals surface area contributed by atoms with E-state index in [1.165, 1.54) is 0 Å². The summed E-state index contributed by atoms with van der Waals surface area (Å²) in [6.07, 6.45) is 1.63. The number of fused-ring (bicyclic) bond motifs is 1. The van der Waals surface area contributed by atoms with Crippen LogP contribution in [-0.2, 0) is 0 Å². The smallest absolute Gasteiger partial charge is 0.163 e. The number of carbonyl (C=O) groups excluding carboxylic acids is 1. The molecule has 0 radical (unpaired) electrons. The molecule has 2 heteroatoms. The maximum Gasteiger partial charge on any atom is 0.163 e. The largest absolute Gasteiger partial charge is 0.399 e. The quantitative estimate of drug-likeness (QED) is 0.615. The van der Waals surface area contributed by atoms with E-state index < -0.39 is 0 Å². The Bertz CT molecular complexity index is 357. The average molecular weight is 175 g/mol. The second-order valence-electron chi connectivity index (χ2n) is 3.71. The molecule has 1 unspecified atom stereocenters. The first-order valence-corrected chi connectivity index (χ1v) is 4.61. The number of nitrogens with two attached hydrogens (primary N) is 1. The van der Waals surface area contributed by atoms with Gasteiger partial charge in [0.1, 0.15) is 0 Å². The number of hydrogen-bond donors (Lipinski definition) is 1. The molecule has 2 rings (SSSR count). The molecule has 0 saturated carbocycles. The number of Topliss-reactive ketones (excluding diaryl/α,β-unsaturated/α-hetero) is 1. The lowest BCUT2D eigenvalue weighted by molar-refractivity contribution is 0.0968. The summed E-state index contributed by atoms with van der Waals surface area (Å²) in [6.45, 7) is 2.15. The molecule has 0 fully saturated rings. The van der Waals surface area contributed by atoms with Gasteiger partial charge in [0.15, 0.2) is 5.78 Å². The van der Waals surface area contributed by atoms with Crippen molar-refractivity contribution >= 4 is 11.5 Å². The number of ketones is 1. The van der Waals surface area contributed by atoms with Gasteiger partial charge in [-0.15, -0.1) is 0 Å². The summed E-state index contributed by atoms with van der Waals surface area (Å²) in [4.78, 5) is 11.5. The molecule has 0 bridgehead atoms. The lowest BCUT2D eigenvalue weighted by Gasteiger charge is -2.21. The van der Waals surface area contributed by atoms with E-state index in [2.05, 4.69) is 6.92 Å². The zero-order valence-corrected chi connectivity index (χ0v) is 7.71. The Morgan fingerprint density at radius 1 is 1.46 bits per heavy atom. The third kappa shape index (κ3) is 1.32. The summed E-state index contributed by atoms with van der Waals surface area (Å²) in [5.74, 6) is 0.730. The van der Waals surface area contributed by atoms with Crippen LogP contribution in [0.5, 0.6) is 0 Å². The minimum Gasteiger partial charge on any atom is -0.399 e. The Morgan fingerprint density at radius 3 is 3.00 bits per heavy atom. The molecule has 0 amide bonds. The SMILES string of the molecule is CC1CCC(=O)c2cc(N)ccc21. The first-order valence-electron chi connectivity index (χ1n) is 4.61. The minimum absolute atomic E-state index is 0.236. The molecule has 1 aromatic rings. The van der Waals surface area contributed by atoms with E-state index in [1.807, 2.05) is 12.1 Å². The van der Waals surface area contributed by atoms with Crippen LogP contribution in [0.2, 0.25) is 0 Å². The lowest BCUT2D eigenvalue weighted by atomic mass is 9.83. The van der Waals surface area contributed by atoms with Crippen LogP contribution in [0, 0.1) is 0 Å². The molecule has 68 valence electrons. The third-order valence-corrected chi connectivity index (χ3v) is 2.71. The van der Waals surface area contributed by atoms with Gasteiger partial charge < -0.3 is 5.73 Å². The van der Waals surface area contributed by atoms with Crippen molar-refractivity contribution in [3.63, 3.8) is 0 Å². The highest BCUT2D eigenvalue weighted by Crippen LogP contribution is 2.31. The molecule has 13 heavy (non-hydrogen) atoms. The van der Waals surface area contributed by atoms with Crippen LogP contribution in [0.3, 0.4) is 0 Å².